The first-order chi connectivity index (χ1) is 7.35. The van der Waals surface area contributed by atoms with Crippen LogP contribution in [0.4, 0.5) is 0 Å². The highest BCUT2D eigenvalue weighted by Gasteiger charge is 2.12. The van der Waals surface area contributed by atoms with Gasteiger partial charge in [-0.05, 0) is 18.9 Å². The number of imidazole rings is 1. The van der Waals surface area contributed by atoms with Crippen LogP contribution in [0, 0.1) is 0 Å². The zero-order valence-corrected chi connectivity index (χ0v) is 9.35. The first-order valence-corrected chi connectivity index (χ1v) is 5.64. The van der Waals surface area contributed by atoms with Gasteiger partial charge in [0, 0.05) is 24.5 Å². The number of aromatic nitrogens is 3. The topological polar surface area (TPSA) is 30.2 Å². The van der Waals surface area contributed by atoms with Crippen molar-refractivity contribution in [2.24, 2.45) is 0 Å². The lowest BCUT2D eigenvalue weighted by atomic mass is 9.98. The maximum Gasteiger partial charge on any atom is 0.233 e. The second-order valence-electron chi connectivity index (χ2n) is 3.89. The molecule has 2 aromatic rings. The van der Waals surface area contributed by atoms with E-state index in [1.54, 1.807) is 6.20 Å². The Bertz CT molecular complexity index is 400. The fourth-order valence-electron chi connectivity index (χ4n) is 1.95. The maximum atomic E-state index is 4.55. The summed E-state index contributed by atoms with van der Waals surface area (Å²) in [6.07, 6.45) is 9.45. The minimum atomic E-state index is 0.580. The van der Waals surface area contributed by atoms with Crippen LogP contribution in [0.5, 0.6) is 0 Å². The Labute approximate surface area is 90.2 Å². The summed E-state index contributed by atoms with van der Waals surface area (Å²) in [4.78, 5) is 8.78. The van der Waals surface area contributed by atoms with Crippen LogP contribution >= 0.6 is 0 Å². The van der Waals surface area contributed by atoms with Gasteiger partial charge >= 0.3 is 0 Å². The van der Waals surface area contributed by atoms with Crippen molar-refractivity contribution in [3.8, 4) is 0 Å². The molecule has 1 atom stereocenters. The van der Waals surface area contributed by atoms with Crippen LogP contribution in [0.2, 0.25) is 0 Å². The molecule has 0 aliphatic rings. The molecule has 2 rings (SSSR count). The van der Waals surface area contributed by atoms with Crippen LogP contribution in [0.3, 0.4) is 0 Å². The van der Waals surface area contributed by atoms with Gasteiger partial charge < -0.3 is 0 Å². The average Bonchev–Trinajstić information content (AvgIpc) is 2.69. The predicted molar refractivity (Wildman–Crippen MR) is 60.9 cm³/mol. The van der Waals surface area contributed by atoms with Gasteiger partial charge in [0.1, 0.15) is 0 Å². The summed E-state index contributed by atoms with van der Waals surface area (Å²) in [6, 6.07) is 1.93. The Morgan fingerprint density at radius 3 is 2.93 bits per heavy atom. The van der Waals surface area contributed by atoms with Crippen molar-refractivity contribution >= 4 is 5.78 Å². The molecule has 0 aliphatic heterocycles. The molecule has 2 heterocycles. The number of rotatable bonds is 4. The number of fused-ring (bicyclic) bond motifs is 1. The highest BCUT2D eigenvalue weighted by molar-refractivity contribution is 5.30. The zero-order chi connectivity index (χ0) is 10.7. The second-order valence-corrected chi connectivity index (χ2v) is 3.89. The van der Waals surface area contributed by atoms with Crippen molar-refractivity contribution in [3.63, 3.8) is 0 Å². The van der Waals surface area contributed by atoms with E-state index in [2.05, 4.69) is 30.0 Å². The molecule has 0 bridgehead atoms. The fraction of sp³-hybridized carbons (Fsp3) is 0.500. The summed E-state index contributed by atoms with van der Waals surface area (Å²) in [5.74, 6) is 1.39. The van der Waals surface area contributed by atoms with E-state index in [9.17, 15) is 0 Å². The van der Waals surface area contributed by atoms with Crippen LogP contribution in [0.25, 0.3) is 5.78 Å². The molecule has 0 saturated carbocycles. The minimum Gasteiger partial charge on any atom is -0.291 e. The molecule has 80 valence electrons. The van der Waals surface area contributed by atoms with Crippen LogP contribution < -0.4 is 0 Å². The molecule has 0 amide bonds. The third-order valence-corrected chi connectivity index (χ3v) is 2.80. The monoisotopic (exact) mass is 203 g/mol. The van der Waals surface area contributed by atoms with Gasteiger partial charge in [0.2, 0.25) is 5.78 Å². The summed E-state index contributed by atoms with van der Waals surface area (Å²) in [5.41, 5.74) is 1.18. The molecule has 3 heteroatoms. The lowest BCUT2D eigenvalue weighted by Crippen LogP contribution is -1.96. The van der Waals surface area contributed by atoms with Crippen molar-refractivity contribution in [2.45, 2.75) is 39.0 Å². The highest BCUT2D eigenvalue weighted by Crippen LogP contribution is 2.23. The van der Waals surface area contributed by atoms with E-state index in [0.29, 0.717) is 5.92 Å². The SMILES string of the molecule is CCCC(CC)c1cn2cccnc2n1. The van der Waals surface area contributed by atoms with Gasteiger partial charge in [0.05, 0.1) is 5.69 Å². The summed E-state index contributed by atoms with van der Waals surface area (Å²) in [5, 5.41) is 0. The summed E-state index contributed by atoms with van der Waals surface area (Å²) in [7, 11) is 0. The van der Waals surface area contributed by atoms with Gasteiger partial charge in [-0.2, -0.15) is 0 Å². The van der Waals surface area contributed by atoms with E-state index in [-0.39, 0.29) is 0 Å². The average molecular weight is 203 g/mol. The van der Waals surface area contributed by atoms with E-state index in [0.717, 1.165) is 12.2 Å². The number of hydrogen-bond donors (Lipinski definition) is 0. The third-order valence-electron chi connectivity index (χ3n) is 2.80. The summed E-state index contributed by atoms with van der Waals surface area (Å²) < 4.78 is 1.99. The quantitative estimate of drug-likeness (QED) is 0.764. The summed E-state index contributed by atoms with van der Waals surface area (Å²) in [6.45, 7) is 4.44. The molecule has 3 nitrogen and oxygen atoms in total. The maximum absolute atomic E-state index is 4.55. The van der Waals surface area contributed by atoms with Crippen molar-refractivity contribution < 1.29 is 0 Å². The largest absolute Gasteiger partial charge is 0.291 e. The first-order valence-electron chi connectivity index (χ1n) is 5.64. The second kappa shape index (κ2) is 4.43. The Hall–Kier alpha value is -1.38. The van der Waals surface area contributed by atoms with E-state index in [4.69, 9.17) is 0 Å². The van der Waals surface area contributed by atoms with Crippen LogP contribution in [0.1, 0.15) is 44.7 Å². The fourth-order valence-corrected chi connectivity index (χ4v) is 1.95. The third kappa shape index (κ3) is 2.01. The molecular weight excluding hydrogens is 186 g/mol. The van der Waals surface area contributed by atoms with Crippen LogP contribution in [0.15, 0.2) is 24.7 Å². The van der Waals surface area contributed by atoms with Crippen LogP contribution in [-0.2, 0) is 0 Å². The van der Waals surface area contributed by atoms with Gasteiger partial charge in [0.15, 0.2) is 0 Å². The standard InChI is InChI=1S/C12H17N3/c1-3-6-10(4-2)11-9-15-8-5-7-13-12(15)14-11/h5,7-10H,3-4,6H2,1-2H3. The molecule has 0 aromatic carbocycles. The Balaban J connectivity index is 2.34. The van der Waals surface area contributed by atoms with Crippen LogP contribution in [-0.4, -0.2) is 14.4 Å². The van der Waals surface area contributed by atoms with E-state index in [1.165, 1.54) is 18.5 Å². The molecule has 2 aromatic heterocycles. The van der Waals surface area contributed by atoms with E-state index >= 15 is 0 Å². The minimum absolute atomic E-state index is 0.580. The summed E-state index contributed by atoms with van der Waals surface area (Å²) >= 11 is 0. The van der Waals surface area contributed by atoms with Crippen molar-refractivity contribution in [1.29, 1.82) is 0 Å². The van der Waals surface area contributed by atoms with Gasteiger partial charge in [-0.15, -0.1) is 0 Å². The Kier molecular flexibility index (Phi) is 2.99. The van der Waals surface area contributed by atoms with E-state index < -0.39 is 0 Å². The van der Waals surface area contributed by atoms with Crippen molar-refractivity contribution in [2.75, 3.05) is 0 Å². The molecule has 0 N–H and O–H groups in total. The number of nitrogens with zero attached hydrogens (tertiary/aromatic N) is 3. The molecule has 0 aliphatic carbocycles. The molecule has 0 radical (unpaired) electrons. The van der Waals surface area contributed by atoms with Gasteiger partial charge in [-0.1, -0.05) is 20.3 Å². The normalized spacial score (nSPS) is 13.2. The van der Waals surface area contributed by atoms with Gasteiger partial charge in [-0.25, -0.2) is 9.97 Å². The lowest BCUT2D eigenvalue weighted by Gasteiger charge is -2.09. The predicted octanol–water partition coefficient (Wildman–Crippen LogP) is 3.02. The molecule has 15 heavy (non-hydrogen) atoms. The Morgan fingerprint density at radius 1 is 1.40 bits per heavy atom. The molecular formula is C12H17N3. The molecule has 0 saturated heterocycles. The first kappa shape index (κ1) is 10.1. The van der Waals surface area contributed by atoms with E-state index in [1.807, 2.05) is 16.7 Å². The zero-order valence-electron chi connectivity index (χ0n) is 9.35. The molecule has 0 spiro atoms. The highest BCUT2D eigenvalue weighted by atomic mass is 15.1. The smallest absolute Gasteiger partial charge is 0.233 e. The molecule has 1 unspecified atom stereocenters. The lowest BCUT2D eigenvalue weighted by molar-refractivity contribution is 0.584. The van der Waals surface area contributed by atoms with Crippen molar-refractivity contribution in [3.05, 3.63) is 30.4 Å². The van der Waals surface area contributed by atoms with Crippen molar-refractivity contribution in [1.82, 2.24) is 14.4 Å². The Morgan fingerprint density at radius 2 is 2.27 bits per heavy atom. The van der Waals surface area contributed by atoms with Gasteiger partial charge in [-0.3, -0.25) is 4.40 Å². The number of hydrogen-bond acceptors (Lipinski definition) is 2. The molecule has 0 fully saturated rings. The van der Waals surface area contributed by atoms with Gasteiger partial charge in [0.25, 0.3) is 0 Å².